The van der Waals surface area contributed by atoms with Crippen LogP contribution in [0.5, 0.6) is 0 Å². The Bertz CT molecular complexity index is 94.5. The summed E-state index contributed by atoms with van der Waals surface area (Å²) in [7, 11) is 0. The van der Waals surface area contributed by atoms with E-state index < -0.39 is 0 Å². The van der Waals surface area contributed by atoms with Gasteiger partial charge < -0.3 is 10.0 Å². The van der Waals surface area contributed by atoms with Crippen molar-refractivity contribution in [3.63, 3.8) is 0 Å². The van der Waals surface area contributed by atoms with Crippen LogP contribution in [0.15, 0.2) is 0 Å². The molecule has 0 rings (SSSR count). The van der Waals surface area contributed by atoms with Crippen LogP contribution in [0.3, 0.4) is 0 Å². The van der Waals surface area contributed by atoms with Crippen molar-refractivity contribution in [1.82, 2.24) is 4.90 Å². The van der Waals surface area contributed by atoms with Crippen LogP contribution in [0.1, 0.15) is 26.7 Å². The van der Waals surface area contributed by atoms with Gasteiger partial charge in [-0.2, -0.15) is 0 Å². The van der Waals surface area contributed by atoms with Crippen molar-refractivity contribution in [2.45, 2.75) is 32.8 Å². The number of halogens is 1. The lowest BCUT2D eigenvalue weighted by molar-refractivity contribution is 0.131. The second-order valence-electron chi connectivity index (χ2n) is 3.11. The largest absolute Gasteiger partial charge is 0.391 e. The third-order valence-corrected chi connectivity index (χ3v) is 2.47. The van der Waals surface area contributed by atoms with Crippen molar-refractivity contribution in [3.8, 4) is 0 Å². The Kier molecular flexibility index (Phi) is 8.29. The van der Waals surface area contributed by atoms with E-state index in [4.69, 9.17) is 0 Å². The fourth-order valence-electron chi connectivity index (χ4n) is 1.27. The van der Waals surface area contributed by atoms with Crippen LogP contribution in [-0.4, -0.2) is 41.1 Å². The molecule has 0 radical (unpaired) electrons. The fraction of sp³-hybridized carbons (Fsp3) is 1.00. The summed E-state index contributed by atoms with van der Waals surface area (Å²) in [4.78, 5) is 2.31. The molecule has 1 unspecified atom stereocenters. The van der Waals surface area contributed by atoms with E-state index in [9.17, 15) is 5.11 Å². The maximum atomic E-state index is 9.39. The molecule has 0 spiro atoms. The first-order chi connectivity index (χ1) is 5.74. The van der Waals surface area contributed by atoms with Gasteiger partial charge in [0.1, 0.15) is 0 Å². The summed E-state index contributed by atoms with van der Waals surface area (Å²) in [6.07, 6.45) is 2.10. The molecule has 74 valence electrons. The minimum absolute atomic E-state index is 0.219. The van der Waals surface area contributed by atoms with Gasteiger partial charge in [0.2, 0.25) is 0 Å². The highest BCUT2D eigenvalue weighted by Crippen LogP contribution is 1.98. The van der Waals surface area contributed by atoms with Gasteiger partial charge in [-0.1, -0.05) is 29.8 Å². The summed E-state index contributed by atoms with van der Waals surface area (Å²) in [5, 5.41) is 10.1. The van der Waals surface area contributed by atoms with Crippen molar-refractivity contribution in [3.05, 3.63) is 0 Å². The number of nitrogens with zero attached hydrogens (tertiary/aromatic N) is 1. The number of hydrogen-bond acceptors (Lipinski definition) is 2. The highest BCUT2D eigenvalue weighted by atomic mass is 79.9. The van der Waals surface area contributed by atoms with Crippen molar-refractivity contribution in [2.75, 3.05) is 25.0 Å². The van der Waals surface area contributed by atoms with E-state index in [1.807, 2.05) is 0 Å². The summed E-state index contributed by atoms with van der Waals surface area (Å²) in [6.45, 7) is 7.33. The van der Waals surface area contributed by atoms with E-state index in [0.29, 0.717) is 5.33 Å². The first kappa shape index (κ1) is 12.4. The Morgan fingerprint density at radius 1 is 1.25 bits per heavy atom. The quantitative estimate of drug-likeness (QED) is 0.684. The number of hydrogen-bond donors (Lipinski definition) is 1. The predicted octanol–water partition coefficient (Wildman–Crippen LogP) is 1.86. The summed E-state index contributed by atoms with van der Waals surface area (Å²) >= 11 is 3.27. The fourth-order valence-corrected chi connectivity index (χ4v) is 1.48. The second kappa shape index (κ2) is 8.02. The van der Waals surface area contributed by atoms with Gasteiger partial charge in [0, 0.05) is 11.9 Å². The average Bonchev–Trinajstić information content (AvgIpc) is 2.05. The zero-order valence-electron chi connectivity index (χ0n) is 8.09. The van der Waals surface area contributed by atoms with Crippen LogP contribution in [-0.2, 0) is 0 Å². The molecule has 0 aromatic heterocycles. The summed E-state index contributed by atoms with van der Waals surface area (Å²) in [6, 6.07) is 0. The third kappa shape index (κ3) is 5.98. The molecule has 0 heterocycles. The van der Waals surface area contributed by atoms with Gasteiger partial charge in [-0.15, -0.1) is 0 Å². The Labute approximate surface area is 84.1 Å². The van der Waals surface area contributed by atoms with Gasteiger partial charge >= 0.3 is 0 Å². The number of aliphatic hydroxyl groups excluding tert-OH is 1. The summed E-state index contributed by atoms with van der Waals surface area (Å²) in [5.74, 6) is 0. The maximum absolute atomic E-state index is 9.39. The Hall–Kier alpha value is 0.400. The molecule has 1 atom stereocenters. The SMILES string of the molecule is CCCN(CCC)CC(O)CBr. The lowest BCUT2D eigenvalue weighted by Crippen LogP contribution is -2.34. The monoisotopic (exact) mass is 237 g/mol. The first-order valence-corrected chi connectivity index (χ1v) is 5.83. The second-order valence-corrected chi connectivity index (χ2v) is 3.76. The molecular weight excluding hydrogens is 218 g/mol. The Morgan fingerprint density at radius 3 is 2.08 bits per heavy atom. The molecule has 0 fully saturated rings. The molecule has 0 saturated heterocycles. The minimum Gasteiger partial charge on any atom is -0.391 e. The average molecular weight is 238 g/mol. The van der Waals surface area contributed by atoms with Crippen LogP contribution in [0, 0.1) is 0 Å². The molecule has 0 amide bonds. The minimum atomic E-state index is -0.219. The molecule has 0 bridgehead atoms. The maximum Gasteiger partial charge on any atom is 0.0763 e. The zero-order valence-corrected chi connectivity index (χ0v) is 9.68. The van der Waals surface area contributed by atoms with E-state index in [0.717, 1.165) is 32.5 Å². The van der Waals surface area contributed by atoms with Gasteiger partial charge in [0.25, 0.3) is 0 Å². The van der Waals surface area contributed by atoms with Gasteiger partial charge in [-0.05, 0) is 25.9 Å². The molecule has 0 aromatic rings. The molecule has 2 nitrogen and oxygen atoms in total. The molecule has 0 aromatic carbocycles. The van der Waals surface area contributed by atoms with E-state index in [1.54, 1.807) is 0 Å². The summed E-state index contributed by atoms with van der Waals surface area (Å²) < 4.78 is 0. The molecule has 0 aliphatic carbocycles. The van der Waals surface area contributed by atoms with Crippen LogP contribution >= 0.6 is 15.9 Å². The highest BCUT2D eigenvalue weighted by Gasteiger charge is 2.08. The molecule has 0 aliphatic heterocycles. The highest BCUT2D eigenvalue weighted by molar-refractivity contribution is 9.09. The first-order valence-electron chi connectivity index (χ1n) is 4.70. The third-order valence-electron chi connectivity index (χ3n) is 1.73. The van der Waals surface area contributed by atoms with Crippen LogP contribution < -0.4 is 0 Å². The number of rotatable bonds is 7. The van der Waals surface area contributed by atoms with Crippen molar-refractivity contribution >= 4 is 15.9 Å². The van der Waals surface area contributed by atoms with Crippen LogP contribution in [0.25, 0.3) is 0 Å². The summed E-state index contributed by atoms with van der Waals surface area (Å²) in [5.41, 5.74) is 0. The molecule has 0 saturated carbocycles. The van der Waals surface area contributed by atoms with Gasteiger partial charge in [-0.3, -0.25) is 0 Å². The standard InChI is InChI=1S/C9H20BrNO/c1-3-5-11(6-4-2)8-9(12)7-10/h9,12H,3-8H2,1-2H3. The van der Waals surface area contributed by atoms with E-state index in [-0.39, 0.29) is 6.10 Å². The molecule has 0 aliphatic rings. The van der Waals surface area contributed by atoms with Gasteiger partial charge in [0.15, 0.2) is 0 Å². The topological polar surface area (TPSA) is 23.5 Å². The van der Waals surface area contributed by atoms with Crippen molar-refractivity contribution in [1.29, 1.82) is 0 Å². The normalized spacial score (nSPS) is 13.8. The van der Waals surface area contributed by atoms with Crippen molar-refractivity contribution < 1.29 is 5.11 Å². The predicted molar refractivity (Wildman–Crippen MR) is 56.8 cm³/mol. The number of aliphatic hydroxyl groups is 1. The van der Waals surface area contributed by atoms with E-state index >= 15 is 0 Å². The van der Waals surface area contributed by atoms with Crippen LogP contribution in [0.2, 0.25) is 0 Å². The van der Waals surface area contributed by atoms with Gasteiger partial charge in [0.05, 0.1) is 6.10 Å². The zero-order chi connectivity index (χ0) is 9.40. The molecule has 12 heavy (non-hydrogen) atoms. The molecular formula is C9H20BrNO. The lowest BCUT2D eigenvalue weighted by Gasteiger charge is -2.22. The molecule has 1 N–H and O–H groups in total. The van der Waals surface area contributed by atoms with Crippen molar-refractivity contribution in [2.24, 2.45) is 0 Å². The molecule has 3 heteroatoms. The smallest absolute Gasteiger partial charge is 0.0763 e. The Morgan fingerprint density at radius 2 is 1.75 bits per heavy atom. The van der Waals surface area contributed by atoms with Gasteiger partial charge in [-0.25, -0.2) is 0 Å². The Balaban J connectivity index is 3.61. The number of alkyl halides is 1. The van der Waals surface area contributed by atoms with E-state index in [2.05, 4.69) is 34.7 Å². The van der Waals surface area contributed by atoms with E-state index in [1.165, 1.54) is 0 Å². The van der Waals surface area contributed by atoms with Crippen LogP contribution in [0.4, 0.5) is 0 Å². The lowest BCUT2D eigenvalue weighted by atomic mass is 10.3.